The zero-order valence-corrected chi connectivity index (χ0v) is 38.9. The van der Waals surface area contributed by atoms with Crippen molar-refractivity contribution in [3.05, 3.63) is 295 Å². The Kier molecular flexibility index (Phi) is 10.7. The molecule has 0 saturated heterocycles. The van der Waals surface area contributed by atoms with Crippen molar-refractivity contribution >= 4 is 27.8 Å². The molecule has 0 radical (unpaired) electrons. The number of benzene rings is 11. The maximum Gasteiger partial charge on any atom is 0.0714 e. The van der Waals surface area contributed by atoms with Gasteiger partial charge >= 0.3 is 0 Å². The minimum Gasteiger partial charge on any atom is -0.310 e. The summed E-state index contributed by atoms with van der Waals surface area (Å²) < 4.78 is 0. The predicted molar refractivity (Wildman–Crippen MR) is 292 cm³/mol. The summed E-state index contributed by atoms with van der Waals surface area (Å²) in [6.07, 6.45) is 0. The average molecular weight is 882 g/mol. The second kappa shape index (κ2) is 17.6. The van der Waals surface area contributed by atoms with Crippen LogP contribution in [0.2, 0.25) is 0 Å². The summed E-state index contributed by atoms with van der Waals surface area (Å²) in [5, 5.41) is 2.45. The van der Waals surface area contributed by atoms with E-state index in [0.29, 0.717) is 5.92 Å². The lowest BCUT2D eigenvalue weighted by molar-refractivity contribution is 0.768. The molecule has 12 rings (SSSR count). The van der Waals surface area contributed by atoms with E-state index in [-0.39, 0.29) is 0 Å². The summed E-state index contributed by atoms with van der Waals surface area (Å²) in [6, 6.07) is 98.7. The van der Waals surface area contributed by atoms with Crippen LogP contribution >= 0.6 is 0 Å². The third kappa shape index (κ3) is 7.18. The van der Waals surface area contributed by atoms with Gasteiger partial charge in [-0.3, -0.25) is 0 Å². The summed E-state index contributed by atoms with van der Waals surface area (Å²) in [5.41, 5.74) is 21.3. The van der Waals surface area contributed by atoms with Gasteiger partial charge in [-0.25, -0.2) is 0 Å². The molecule has 0 N–H and O–H groups in total. The number of hydrogen-bond acceptors (Lipinski definition) is 1. The van der Waals surface area contributed by atoms with Crippen molar-refractivity contribution in [1.29, 1.82) is 0 Å². The van der Waals surface area contributed by atoms with E-state index in [1.807, 2.05) is 0 Å². The van der Waals surface area contributed by atoms with Gasteiger partial charge in [0.15, 0.2) is 0 Å². The molecule has 1 heteroatoms. The Labute approximate surface area is 406 Å². The maximum atomic E-state index is 2.52. The van der Waals surface area contributed by atoms with Crippen LogP contribution in [0.1, 0.15) is 47.6 Å². The topological polar surface area (TPSA) is 3.24 Å². The molecule has 11 aromatic carbocycles. The van der Waals surface area contributed by atoms with Crippen molar-refractivity contribution in [2.45, 2.75) is 25.2 Å². The number of anilines is 3. The highest BCUT2D eigenvalue weighted by molar-refractivity contribution is 6.06. The summed E-state index contributed by atoms with van der Waals surface area (Å²) in [5.74, 6) is 0.323. The maximum absolute atomic E-state index is 2.52. The molecular formula is C68H51N. The zero-order chi connectivity index (χ0) is 46.3. The van der Waals surface area contributed by atoms with Crippen LogP contribution in [-0.4, -0.2) is 0 Å². The second-order valence-electron chi connectivity index (χ2n) is 18.6. The summed E-state index contributed by atoms with van der Waals surface area (Å²) in [4.78, 5) is 2.52. The molecule has 0 bridgehead atoms. The molecule has 0 spiro atoms. The van der Waals surface area contributed by atoms with Crippen molar-refractivity contribution in [2.24, 2.45) is 0 Å². The predicted octanol–water partition coefficient (Wildman–Crippen LogP) is 18.5. The Bertz CT molecular complexity index is 3550. The molecule has 328 valence electrons. The first-order valence-corrected chi connectivity index (χ1v) is 24.2. The molecule has 0 saturated carbocycles. The van der Waals surface area contributed by atoms with E-state index in [1.165, 1.54) is 94.2 Å². The lowest BCUT2D eigenvalue weighted by Gasteiger charge is -2.35. The van der Waals surface area contributed by atoms with E-state index in [9.17, 15) is 0 Å². The first-order chi connectivity index (χ1) is 34.1. The largest absolute Gasteiger partial charge is 0.310 e. The fourth-order valence-corrected chi connectivity index (χ4v) is 11.2. The Hall–Kier alpha value is -8.52. The molecule has 1 aliphatic rings. The zero-order valence-electron chi connectivity index (χ0n) is 38.9. The van der Waals surface area contributed by atoms with Crippen LogP contribution in [0.4, 0.5) is 17.1 Å². The van der Waals surface area contributed by atoms with Gasteiger partial charge in [-0.1, -0.05) is 250 Å². The van der Waals surface area contributed by atoms with Gasteiger partial charge < -0.3 is 4.90 Å². The minimum absolute atomic E-state index is 0.323. The van der Waals surface area contributed by atoms with Crippen LogP contribution in [0, 0.1) is 0 Å². The third-order valence-corrected chi connectivity index (χ3v) is 14.4. The van der Waals surface area contributed by atoms with E-state index in [2.05, 4.69) is 286 Å². The van der Waals surface area contributed by atoms with Gasteiger partial charge in [0.05, 0.1) is 11.1 Å². The Morgan fingerprint density at radius 3 is 1.48 bits per heavy atom. The summed E-state index contributed by atoms with van der Waals surface area (Å²) >= 11 is 0. The monoisotopic (exact) mass is 881 g/mol. The number of nitrogens with zero attached hydrogens (tertiary/aromatic N) is 1. The van der Waals surface area contributed by atoms with E-state index < -0.39 is 5.41 Å². The third-order valence-electron chi connectivity index (χ3n) is 14.4. The first kappa shape index (κ1) is 41.9. The molecule has 0 unspecified atom stereocenters. The van der Waals surface area contributed by atoms with E-state index in [1.54, 1.807) is 0 Å². The van der Waals surface area contributed by atoms with Crippen LogP contribution in [0.15, 0.2) is 267 Å². The lowest BCUT2D eigenvalue weighted by Crippen LogP contribution is -2.28. The van der Waals surface area contributed by atoms with Gasteiger partial charge in [-0.05, 0) is 125 Å². The molecule has 0 amide bonds. The molecule has 0 aromatic heterocycles. The van der Waals surface area contributed by atoms with Gasteiger partial charge in [0.1, 0.15) is 0 Å². The van der Waals surface area contributed by atoms with Gasteiger partial charge in [0, 0.05) is 16.9 Å². The molecule has 1 nitrogen and oxygen atoms in total. The molecule has 11 aromatic rings. The first-order valence-electron chi connectivity index (χ1n) is 24.2. The Balaban J connectivity index is 1.13. The Morgan fingerprint density at radius 1 is 0.333 bits per heavy atom. The van der Waals surface area contributed by atoms with Gasteiger partial charge in [0.25, 0.3) is 0 Å². The van der Waals surface area contributed by atoms with Gasteiger partial charge in [-0.2, -0.15) is 0 Å². The highest BCUT2D eigenvalue weighted by atomic mass is 15.1. The molecule has 1 aliphatic carbocycles. The lowest BCUT2D eigenvalue weighted by atomic mass is 9.67. The highest BCUT2D eigenvalue weighted by Gasteiger charge is 2.47. The van der Waals surface area contributed by atoms with Gasteiger partial charge in [-0.15, -0.1) is 0 Å². The Morgan fingerprint density at radius 2 is 0.841 bits per heavy atom. The standard InChI is InChI=1S/C68H51N/c1-47(2)58-29-17-18-31-61(58)67-60-30-16-15-24-53(60)40-45-65(67)69(56-41-38-51(39-42-56)50-36-34-49(35-37-50)48-20-7-3-8-21-48)57-43-44-62-64(46-57)68(54-25-11-5-12-26-54,55-27-13-6-14-28-55)63-33-19-32-59(66(62)63)52-22-9-4-10-23-52/h3-47H,1-2H3. The van der Waals surface area contributed by atoms with E-state index in [0.717, 1.165) is 17.1 Å². The van der Waals surface area contributed by atoms with Crippen LogP contribution in [0.5, 0.6) is 0 Å². The van der Waals surface area contributed by atoms with Crippen molar-refractivity contribution in [3.8, 4) is 55.6 Å². The van der Waals surface area contributed by atoms with E-state index >= 15 is 0 Å². The molecule has 0 aliphatic heterocycles. The quantitative estimate of drug-likeness (QED) is 0.132. The SMILES string of the molecule is CC(C)c1ccccc1-c1c(N(c2ccc(-c3ccc(-c4ccccc4)cc3)cc2)c2ccc3c(c2)C(c2ccccc2)(c2ccccc2)c2cccc(-c4ccccc4)c2-3)ccc2ccccc12. The summed E-state index contributed by atoms with van der Waals surface area (Å²) in [7, 11) is 0. The normalized spacial score (nSPS) is 12.4. The molecular weight excluding hydrogens is 831 g/mol. The van der Waals surface area contributed by atoms with Crippen LogP contribution < -0.4 is 4.90 Å². The number of fused-ring (bicyclic) bond motifs is 4. The molecule has 69 heavy (non-hydrogen) atoms. The van der Waals surface area contributed by atoms with Crippen LogP contribution in [-0.2, 0) is 5.41 Å². The molecule has 0 fully saturated rings. The fraction of sp³-hybridized carbons (Fsp3) is 0.0588. The van der Waals surface area contributed by atoms with Crippen LogP contribution in [0.25, 0.3) is 66.4 Å². The van der Waals surface area contributed by atoms with Crippen molar-refractivity contribution in [3.63, 3.8) is 0 Å². The number of rotatable bonds is 10. The average Bonchev–Trinajstić information content (AvgIpc) is 3.72. The summed E-state index contributed by atoms with van der Waals surface area (Å²) in [6.45, 7) is 4.61. The smallest absolute Gasteiger partial charge is 0.0714 e. The number of hydrogen-bond donors (Lipinski definition) is 0. The van der Waals surface area contributed by atoms with Crippen molar-refractivity contribution in [1.82, 2.24) is 0 Å². The van der Waals surface area contributed by atoms with Crippen molar-refractivity contribution < 1.29 is 0 Å². The second-order valence-corrected chi connectivity index (χ2v) is 18.6. The fourth-order valence-electron chi connectivity index (χ4n) is 11.2. The van der Waals surface area contributed by atoms with Crippen molar-refractivity contribution in [2.75, 3.05) is 4.90 Å². The highest BCUT2D eigenvalue weighted by Crippen LogP contribution is 2.60. The van der Waals surface area contributed by atoms with E-state index in [4.69, 9.17) is 0 Å². The molecule has 0 atom stereocenters. The van der Waals surface area contributed by atoms with Crippen LogP contribution in [0.3, 0.4) is 0 Å². The molecule has 0 heterocycles. The van der Waals surface area contributed by atoms with Gasteiger partial charge in [0.2, 0.25) is 0 Å². The minimum atomic E-state index is -0.605.